The van der Waals surface area contributed by atoms with E-state index < -0.39 is 0 Å². The quantitative estimate of drug-likeness (QED) is 0.552. The van der Waals surface area contributed by atoms with Crippen LogP contribution in [0.5, 0.6) is 0 Å². The first-order valence-electron chi connectivity index (χ1n) is 12.2. The monoisotopic (exact) mass is 467 g/mol. The van der Waals surface area contributed by atoms with Gasteiger partial charge in [-0.2, -0.15) is 0 Å². The maximum absolute atomic E-state index is 13.7. The predicted molar refractivity (Wildman–Crippen MR) is 135 cm³/mol. The highest BCUT2D eigenvalue weighted by molar-refractivity contribution is 6.33. The van der Waals surface area contributed by atoms with E-state index in [2.05, 4.69) is 4.90 Å². The number of carbonyl (C=O) groups is 2. The largest absolute Gasteiger partial charge is 0.370 e. The van der Waals surface area contributed by atoms with Gasteiger partial charge in [0.2, 0.25) is 5.91 Å². The lowest BCUT2D eigenvalue weighted by Crippen LogP contribution is -2.35. The van der Waals surface area contributed by atoms with Gasteiger partial charge in [-0.05, 0) is 55.5 Å². The number of amides is 2. The molecule has 4 rings (SSSR count). The molecular formula is C27H34ClN3O2. The first kappa shape index (κ1) is 23.6. The van der Waals surface area contributed by atoms with Crippen LogP contribution in [0.3, 0.4) is 0 Å². The van der Waals surface area contributed by atoms with Crippen molar-refractivity contribution in [2.75, 3.05) is 36.0 Å². The van der Waals surface area contributed by atoms with Gasteiger partial charge < -0.3 is 14.7 Å². The maximum Gasteiger partial charge on any atom is 0.254 e. The van der Waals surface area contributed by atoms with E-state index in [1.807, 2.05) is 52.3 Å². The fourth-order valence-electron chi connectivity index (χ4n) is 4.94. The lowest BCUT2D eigenvalue weighted by molar-refractivity contribution is -0.116. The molecule has 0 aliphatic carbocycles. The van der Waals surface area contributed by atoms with Crippen LogP contribution in [0, 0.1) is 0 Å². The minimum absolute atomic E-state index is 0.0216. The summed E-state index contributed by atoms with van der Waals surface area (Å²) in [4.78, 5) is 32.2. The van der Waals surface area contributed by atoms with Crippen molar-refractivity contribution in [3.05, 3.63) is 58.6 Å². The van der Waals surface area contributed by atoms with Crippen LogP contribution in [-0.2, 0) is 11.3 Å². The maximum atomic E-state index is 13.7. The topological polar surface area (TPSA) is 43.9 Å². The smallest absolute Gasteiger partial charge is 0.254 e. The summed E-state index contributed by atoms with van der Waals surface area (Å²) >= 11 is 6.50. The molecule has 0 unspecified atom stereocenters. The van der Waals surface area contributed by atoms with Crippen LogP contribution in [0.15, 0.2) is 42.5 Å². The third-order valence-corrected chi connectivity index (χ3v) is 7.08. The summed E-state index contributed by atoms with van der Waals surface area (Å²) in [5.41, 5.74) is 3.56. The molecule has 2 aromatic rings. The molecule has 2 aliphatic heterocycles. The number of nitrogens with zero attached hydrogens (tertiary/aromatic N) is 3. The summed E-state index contributed by atoms with van der Waals surface area (Å²) in [6.07, 6.45) is 7.60. The molecule has 2 amide bonds. The number of hydrogen-bond donors (Lipinski definition) is 0. The van der Waals surface area contributed by atoms with Crippen molar-refractivity contribution < 1.29 is 9.59 Å². The van der Waals surface area contributed by atoms with E-state index in [4.69, 9.17) is 11.6 Å². The van der Waals surface area contributed by atoms with Crippen LogP contribution in [0.25, 0.3) is 0 Å². The standard InChI is InChI=1S/C27H34ClN3O2/c1-21(32)31-18-8-4-2-3-7-17-30(20-23-11-5-6-12-25(23)31)27(33)22-13-14-24(28)26(19-22)29-15-9-10-16-29/h5-6,11-14,19H,2-4,7-10,15-18,20H2,1H3. The predicted octanol–water partition coefficient (Wildman–Crippen LogP) is 5.90. The minimum atomic E-state index is 0.0216. The van der Waals surface area contributed by atoms with Crippen LogP contribution in [-0.4, -0.2) is 42.9 Å². The summed E-state index contributed by atoms with van der Waals surface area (Å²) in [7, 11) is 0. The molecule has 2 aliphatic rings. The van der Waals surface area contributed by atoms with Gasteiger partial charge in [0, 0.05) is 50.9 Å². The number of fused-ring (bicyclic) bond motifs is 1. The molecule has 0 N–H and O–H groups in total. The SMILES string of the molecule is CC(=O)N1CCCCCCCN(C(=O)c2ccc(Cl)c(N3CCCC3)c2)Cc2ccccc21. The number of anilines is 2. The van der Waals surface area contributed by atoms with Crippen molar-refractivity contribution in [2.45, 2.75) is 58.4 Å². The van der Waals surface area contributed by atoms with Crippen LogP contribution in [0.1, 0.15) is 67.8 Å². The fourth-order valence-corrected chi connectivity index (χ4v) is 5.18. The Labute approximate surface area is 202 Å². The second-order valence-electron chi connectivity index (χ2n) is 9.15. The number of para-hydroxylation sites is 1. The molecule has 0 saturated carbocycles. The van der Waals surface area contributed by atoms with Crippen LogP contribution < -0.4 is 9.80 Å². The fraction of sp³-hybridized carbons (Fsp3) is 0.481. The average molecular weight is 468 g/mol. The molecule has 176 valence electrons. The molecule has 0 aromatic heterocycles. The zero-order valence-electron chi connectivity index (χ0n) is 19.6. The number of benzene rings is 2. The number of rotatable bonds is 2. The van der Waals surface area contributed by atoms with Gasteiger partial charge in [-0.25, -0.2) is 0 Å². The third kappa shape index (κ3) is 5.70. The molecule has 1 fully saturated rings. The number of halogens is 1. The van der Waals surface area contributed by atoms with Gasteiger partial charge in [-0.15, -0.1) is 0 Å². The first-order valence-corrected chi connectivity index (χ1v) is 12.6. The van der Waals surface area contributed by atoms with Gasteiger partial charge in [0.25, 0.3) is 5.91 Å². The van der Waals surface area contributed by atoms with Crippen molar-refractivity contribution >= 4 is 34.8 Å². The van der Waals surface area contributed by atoms with Gasteiger partial charge >= 0.3 is 0 Å². The highest BCUT2D eigenvalue weighted by atomic mass is 35.5. The van der Waals surface area contributed by atoms with Gasteiger partial charge in [0.1, 0.15) is 0 Å². The third-order valence-electron chi connectivity index (χ3n) is 6.76. The molecule has 2 aromatic carbocycles. The molecule has 2 heterocycles. The van der Waals surface area contributed by atoms with E-state index in [0.29, 0.717) is 23.7 Å². The van der Waals surface area contributed by atoms with Crippen molar-refractivity contribution in [2.24, 2.45) is 0 Å². The van der Waals surface area contributed by atoms with Gasteiger partial charge in [0.15, 0.2) is 0 Å². The Morgan fingerprint density at radius 1 is 0.788 bits per heavy atom. The zero-order chi connectivity index (χ0) is 23.2. The summed E-state index contributed by atoms with van der Waals surface area (Å²) in [5.74, 6) is 0.0682. The van der Waals surface area contributed by atoms with Crippen LogP contribution in [0.4, 0.5) is 11.4 Å². The Hall–Kier alpha value is -2.53. The van der Waals surface area contributed by atoms with Crippen LogP contribution in [0.2, 0.25) is 5.02 Å². The van der Waals surface area contributed by atoms with E-state index >= 15 is 0 Å². The van der Waals surface area contributed by atoms with E-state index in [1.165, 1.54) is 0 Å². The zero-order valence-corrected chi connectivity index (χ0v) is 20.3. The lowest BCUT2D eigenvalue weighted by Gasteiger charge is -2.29. The molecule has 0 bridgehead atoms. The molecule has 0 spiro atoms. The summed E-state index contributed by atoms with van der Waals surface area (Å²) in [5, 5.41) is 0.699. The molecule has 0 radical (unpaired) electrons. The van der Waals surface area contributed by atoms with E-state index in [0.717, 1.165) is 81.5 Å². The normalized spacial score (nSPS) is 17.8. The molecule has 5 nitrogen and oxygen atoms in total. The highest BCUT2D eigenvalue weighted by Gasteiger charge is 2.23. The van der Waals surface area contributed by atoms with Crippen molar-refractivity contribution in [1.29, 1.82) is 0 Å². The molecular weight excluding hydrogens is 434 g/mol. The van der Waals surface area contributed by atoms with Crippen molar-refractivity contribution in [1.82, 2.24) is 4.90 Å². The summed E-state index contributed by atoms with van der Waals surface area (Å²) < 4.78 is 0. The Bertz CT molecular complexity index is 987. The highest BCUT2D eigenvalue weighted by Crippen LogP contribution is 2.31. The molecule has 33 heavy (non-hydrogen) atoms. The van der Waals surface area contributed by atoms with E-state index in [1.54, 1.807) is 6.92 Å². The van der Waals surface area contributed by atoms with Gasteiger partial charge in [0.05, 0.1) is 10.7 Å². The minimum Gasteiger partial charge on any atom is -0.370 e. The Morgan fingerprint density at radius 2 is 1.45 bits per heavy atom. The lowest BCUT2D eigenvalue weighted by atomic mass is 10.1. The van der Waals surface area contributed by atoms with Gasteiger partial charge in [-0.1, -0.05) is 49.1 Å². The second-order valence-corrected chi connectivity index (χ2v) is 9.56. The Morgan fingerprint density at radius 3 is 2.21 bits per heavy atom. The molecule has 1 saturated heterocycles. The van der Waals surface area contributed by atoms with E-state index in [-0.39, 0.29) is 11.8 Å². The van der Waals surface area contributed by atoms with Crippen molar-refractivity contribution in [3.8, 4) is 0 Å². The Kier molecular flexibility index (Phi) is 7.92. The first-order chi connectivity index (χ1) is 16.0. The Balaban J connectivity index is 1.64. The van der Waals surface area contributed by atoms with Gasteiger partial charge in [-0.3, -0.25) is 9.59 Å². The molecule has 0 atom stereocenters. The second kappa shape index (κ2) is 11.1. The average Bonchev–Trinajstić information content (AvgIpc) is 3.34. The van der Waals surface area contributed by atoms with Crippen LogP contribution >= 0.6 is 11.6 Å². The number of carbonyl (C=O) groups excluding carboxylic acids is 2. The van der Waals surface area contributed by atoms with Crippen molar-refractivity contribution in [3.63, 3.8) is 0 Å². The molecule has 6 heteroatoms. The van der Waals surface area contributed by atoms with E-state index in [9.17, 15) is 9.59 Å². The summed E-state index contributed by atoms with van der Waals surface area (Å²) in [6, 6.07) is 13.6. The number of hydrogen-bond acceptors (Lipinski definition) is 3. The summed E-state index contributed by atoms with van der Waals surface area (Å²) in [6.45, 7) is 5.50.